The Balaban J connectivity index is 1.80. The van der Waals surface area contributed by atoms with Crippen LogP contribution in [0.25, 0.3) is 11.4 Å². The van der Waals surface area contributed by atoms with Crippen molar-refractivity contribution in [1.82, 2.24) is 20.1 Å². The van der Waals surface area contributed by atoms with E-state index in [1.807, 2.05) is 25.3 Å². The smallest absolute Gasteiger partial charge is 0.230 e. The number of thioether (sulfide) groups is 1. The second-order valence-electron chi connectivity index (χ2n) is 6.97. The van der Waals surface area contributed by atoms with Crippen molar-refractivity contribution in [2.45, 2.75) is 50.4 Å². The third-order valence-electron chi connectivity index (χ3n) is 3.54. The zero-order valence-corrected chi connectivity index (χ0v) is 14.9. The van der Waals surface area contributed by atoms with Crippen molar-refractivity contribution < 1.29 is 9.18 Å². The SMILES string of the molecule is CC(C)(C)NC(=O)CSc1nnc(-c2ccccc2F)n1C1CC1. The van der Waals surface area contributed by atoms with Gasteiger partial charge in [-0.1, -0.05) is 23.9 Å². The molecule has 1 aliphatic carbocycles. The second-order valence-corrected chi connectivity index (χ2v) is 7.92. The van der Waals surface area contributed by atoms with E-state index in [4.69, 9.17) is 0 Å². The van der Waals surface area contributed by atoms with E-state index in [1.54, 1.807) is 18.2 Å². The molecular weight excluding hydrogens is 327 g/mol. The predicted molar refractivity (Wildman–Crippen MR) is 92.3 cm³/mol. The van der Waals surface area contributed by atoms with E-state index in [1.165, 1.54) is 17.8 Å². The molecule has 0 atom stereocenters. The van der Waals surface area contributed by atoms with Gasteiger partial charge in [-0.05, 0) is 45.7 Å². The summed E-state index contributed by atoms with van der Waals surface area (Å²) in [7, 11) is 0. The van der Waals surface area contributed by atoms with Crippen molar-refractivity contribution in [3.63, 3.8) is 0 Å². The van der Waals surface area contributed by atoms with Gasteiger partial charge in [0.1, 0.15) is 5.82 Å². The van der Waals surface area contributed by atoms with Crippen molar-refractivity contribution >= 4 is 17.7 Å². The number of halogens is 1. The molecule has 1 N–H and O–H groups in total. The lowest BCUT2D eigenvalue weighted by molar-refractivity contribution is -0.119. The fraction of sp³-hybridized carbons (Fsp3) is 0.471. The largest absolute Gasteiger partial charge is 0.351 e. The highest BCUT2D eigenvalue weighted by atomic mass is 32.2. The molecule has 3 rings (SSSR count). The lowest BCUT2D eigenvalue weighted by Gasteiger charge is -2.20. The summed E-state index contributed by atoms with van der Waals surface area (Å²) < 4.78 is 16.1. The molecule has 0 unspecified atom stereocenters. The number of aromatic nitrogens is 3. The molecule has 1 fully saturated rings. The quantitative estimate of drug-likeness (QED) is 0.841. The highest BCUT2D eigenvalue weighted by Crippen LogP contribution is 2.41. The first-order valence-corrected chi connectivity index (χ1v) is 8.97. The Bertz CT molecular complexity index is 749. The number of hydrogen-bond donors (Lipinski definition) is 1. The van der Waals surface area contributed by atoms with E-state index in [9.17, 15) is 9.18 Å². The first-order chi connectivity index (χ1) is 11.3. The standard InChI is InChI=1S/C17H21FN4OS/c1-17(2,3)19-14(23)10-24-16-21-20-15(22(16)11-8-9-11)12-6-4-5-7-13(12)18/h4-7,11H,8-10H2,1-3H3,(H,19,23). The van der Waals surface area contributed by atoms with E-state index in [0.29, 0.717) is 22.6 Å². The van der Waals surface area contributed by atoms with Crippen LogP contribution in [0.3, 0.4) is 0 Å². The number of carbonyl (C=O) groups excluding carboxylic acids is 1. The van der Waals surface area contributed by atoms with Gasteiger partial charge in [0.25, 0.3) is 0 Å². The van der Waals surface area contributed by atoms with Gasteiger partial charge in [-0.25, -0.2) is 4.39 Å². The monoisotopic (exact) mass is 348 g/mol. The minimum absolute atomic E-state index is 0.0507. The van der Waals surface area contributed by atoms with Gasteiger partial charge >= 0.3 is 0 Å². The Morgan fingerprint density at radius 1 is 1.33 bits per heavy atom. The Morgan fingerprint density at radius 3 is 2.67 bits per heavy atom. The van der Waals surface area contributed by atoms with Crippen molar-refractivity contribution in [2.24, 2.45) is 0 Å². The topological polar surface area (TPSA) is 59.8 Å². The van der Waals surface area contributed by atoms with E-state index < -0.39 is 0 Å². The molecule has 1 amide bonds. The number of nitrogens with zero attached hydrogens (tertiary/aromatic N) is 3. The number of carbonyl (C=O) groups is 1. The summed E-state index contributed by atoms with van der Waals surface area (Å²) in [4.78, 5) is 12.0. The lowest BCUT2D eigenvalue weighted by Crippen LogP contribution is -2.41. The molecule has 0 spiro atoms. The maximum absolute atomic E-state index is 14.1. The average molecular weight is 348 g/mol. The van der Waals surface area contributed by atoms with Crippen molar-refractivity contribution in [3.05, 3.63) is 30.1 Å². The first kappa shape index (κ1) is 17.0. The number of nitrogens with one attached hydrogen (secondary N) is 1. The fourth-order valence-corrected chi connectivity index (χ4v) is 3.25. The predicted octanol–water partition coefficient (Wildman–Crippen LogP) is 3.43. The molecular formula is C17H21FN4OS. The summed E-state index contributed by atoms with van der Waals surface area (Å²) in [5, 5.41) is 12.0. The van der Waals surface area contributed by atoms with Gasteiger partial charge in [0.05, 0.1) is 11.3 Å². The minimum atomic E-state index is -0.311. The number of rotatable bonds is 5. The van der Waals surface area contributed by atoms with E-state index in [0.717, 1.165) is 12.8 Å². The number of amides is 1. The number of hydrogen-bond acceptors (Lipinski definition) is 4. The third-order valence-corrected chi connectivity index (χ3v) is 4.48. The third kappa shape index (κ3) is 3.95. The summed E-state index contributed by atoms with van der Waals surface area (Å²) in [5.41, 5.74) is 0.183. The van der Waals surface area contributed by atoms with Crippen LogP contribution < -0.4 is 5.32 Å². The van der Waals surface area contributed by atoms with E-state index in [-0.39, 0.29) is 23.0 Å². The molecule has 1 saturated carbocycles. The van der Waals surface area contributed by atoms with Gasteiger partial charge in [0.15, 0.2) is 11.0 Å². The van der Waals surface area contributed by atoms with Gasteiger partial charge < -0.3 is 5.32 Å². The maximum atomic E-state index is 14.1. The van der Waals surface area contributed by atoms with Crippen LogP contribution in [-0.4, -0.2) is 32.0 Å². The van der Waals surface area contributed by atoms with Crippen molar-refractivity contribution in [2.75, 3.05) is 5.75 Å². The van der Waals surface area contributed by atoms with Gasteiger partial charge in [-0.15, -0.1) is 10.2 Å². The molecule has 2 aromatic rings. The molecule has 5 nitrogen and oxygen atoms in total. The lowest BCUT2D eigenvalue weighted by atomic mass is 10.1. The Labute approximate surface area is 145 Å². The fourth-order valence-electron chi connectivity index (χ4n) is 2.45. The maximum Gasteiger partial charge on any atom is 0.230 e. The van der Waals surface area contributed by atoms with Crippen LogP contribution in [0.15, 0.2) is 29.4 Å². The van der Waals surface area contributed by atoms with Crippen LogP contribution in [0.4, 0.5) is 4.39 Å². The minimum Gasteiger partial charge on any atom is -0.351 e. The van der Waals surface area contributed by atoms with Crippen LogP contribution in [0, 0.1) is 5.82 Å². The molecule has 0 aliphatic heterocycles. The van der Waals surface area contributed by atoms with Crippen molar-refractivity contribution in [3.8, 4) is 11.4 Å². The molecule has 0 saturated heterocycles. The van der Waals surface area contributed by atoms with Gasteiger partial charge in [-0.3, -0.25) is 9.36 Å². The number of benzene rings is 1. The first-order valence-electron chi connectivity index (χ1n) is 7.99. The van der Waals surface area contributed by atoms with Gasteiger partial charge in [0, 0.05) is 11.6 Å². The molecule has 1 aromatic heterocycles. The average Bonchev–Trinajstić information content (AvgIpc) is 3.24. The summed E-state index contributed by atoms with van der Waals surface area (Å²) in [6.45, 7) is 5.83. The molecule has 24 heavy (non-hydrogen) atoms. The second kappa shape index (κ2) is 6.55. The van der Waals surface area contributed by atoms with E-state index in [2.05, 4.69) is 15.5 Å². The summed E-state index contributed by atoms with van der Waals surface area (Å²) in [5.74, 6) is 0.438. The van der Waals surface area contributed by atoms with E-state index >= 15 is 0 Å². The molecule has 0 radical (unpaired) electrons. The summed E-state index contributed by atoms with van der Waals surface area (Å²) in [6, 6.07) is 6.86. The summed E-state index contributed by atoms with van der Waals surface area (Å²) >= 11 is 1.34. The molecule has 128 valence electrons. The highest BCUT2D eigenvalue weighted by molar-refractivity contribution is 7.99. The van der Waals surface area contributed by atoms with Crippen LogP contribution in [0.2, 0.25) is 0 Å². The van der Waals surface area contributed by atoms with Crippen LogP contribution in [0.1, 0.15) is 39.7 Å². The summed E-state index contributed by atoms with van der Waals surface area (Å²) in [6.07, 6.45) is 2.06. The Morgan fingerprint density at radius 2 is 2.04 bits per heavy atom. The zero-order valence-electron chi connectivity index (χ0n) is 14.0. The molecule has 1 aromatic carbocycles. The normalized spacial score (nSPS) is 14.7. The molecule has 7 heteroatoms. The molecule has 1 aliphatic rings. The highest BCUT2D eigenvalue weighted by Gasteiger charge is 2.31. The van der Waals surface area contributed by atoms with Gasteiger partial charge in [-0.2, -0.15) is 0 Å². The Kier molecular flexibility index (Phi) is 4.62. The van der Waals surface area contributed by atoms with Crippen LogP contribution >= 0.6 is 11.8 Å². The Hall–Kier alpha value is -1.89. The van der Waals surface area contributed by atoms with Crippen molar-refractivity contribution in [1.29, 1.82) is 0 Å². The van der Waals surface area contributed by atoms with Gasteiger partial charge in [0.2, 0.25) is 5.91 Å². The molecule has 1 heterocycles. The zero-order chi connectivity index (χ0) is 17.3. The molecule has 0 bridgehead atoms. The van der Waals surface area contributed by atoms with Crippen LogP contribution in [-0.2, 0) is 4.79 Å². The van der Waals surface area contributed by atoms with Crippen LogP contribution in [0.5, 0.6) is 0 Å².